The van der Waals surface area contributed by atoms with Crippen LogP contribution in [0.1, 0.15) is 41.8 Å². The van der Waals surface area contributed by atoms with Crippen LogP contribution >= 0.6 is 0 Å². The Labute approximate surface area is 192 Å². The van der Waals surface area contributed by atoms with Gasteiger partial charge in [0.2, 0.25) is 0 Å². The number of aromatic amines is 1. The summed E-state index contributed by atoms with van der Waals surface area (Å²) in [5, 5.41) is 0. The summed E-state index contributed by atoms with van der Waals surface area (Å²) in [7, 11) is 0. The topological polar surface area (TPSA) is 62.6 Å². The molecule has 0 bridgehead atoms. The Morgan fingerprint density at radius 2 is 1.76 bits per heavy atom. The molecule has 7 rings (SSSR count). The van der Waals surface area contributed by atoms with Crippen molar-refractivity contribution in [2.24, 2.45) is 5.92 Å². The highest BCUT2D eigenvalue weighted by molar-refractivity contribution is 5.77. The number of likely N-dealkylation sites (tertiary alicyclic amines) is 1. The number of aromatic nitrogens is 5. The lowest BCUT2D eigenvalue weighted by molar-refractivity contribution is 0.195. The van der Waals surface area contributed by atoms with E-state index in [0.717, 1.165) is 53.2 Å². The van der Waals surface area contributed by atoms with Gasteiger partial charge in [-0.05, 0) is 67.6 Å². The van der Waals surface area contributed by atoms with Crippen LogP contribution in [0.4, 0.5) is 0 Å². The van der Waals surface area contributed by atoms with Gasteiger partial charge < -0.3 is 9.55 Å². The molecule has 0 spiro atoms. The van der Waals surface area contributed by atoms with Crippen molar-refractivity contribution in [3.05, 3.63) is 89.8 Å². The molecular formula is C27H26N6. The van der Waals surface area contributed by atoms with E-state index in [9.17, 15) is 0 Å². The van der Waals surface area contributed by atoms with Crippen LogP contribution in [0.2, 0.25) is 0 Å². The highest BCUT2D eigenvalue weighted by atomic mass is 15.2. The van der Waals surface area contributed by atoms with Crippen molar-refractivity contribution >= 4 is 22.1 Å². The molecule has 6 heteroatoms. The molecule has 0 amide bonds. The fraction of sp³-hybridized carbons (Fsp3) is 0.296. The van der Waals surface area contributed by atoms with Gasteiger partial charge in [-0.3, -0.25) is 9.88 Å². The second-order valence-electron chi connectivity index (χ2n) is 9.35. The van der Waals surface area contributed by atoms with E-state index in [1.807, 2.05) is 18.3 Å². The molecule has 1 fully saturated rings. The SMILES string of the molecule is c1cnc2c(c1)CC[C@H]1CCN(Cc3nc4ccccc4n3Cc3nc4ccccc4[nH]3)[C@H]21. The number of pyridine rings is 1. The van der Waals surface area contributed by atoms with E-state index in [1.165, 1.54) is 24.1 Å². The predicted molar refractivity (Wildman–Crippen MR) is 129 cm³/mol. The average Bonchev–Trinajstić information content (AvgIpc) is 3.55. The van der Waals surface area contributed by atoms with Gasteiger partial charge in [0, 0.05) is 6.20 Å². The Morgan fingerprint density at radius 3 is 2.70 bits per heavy atom. The first-order chi connectivity index (χ1) is 16.3. The molecule has 0 unspecified atom stereocenters. The maximum atomic E-state index is 5.08. The summed E-state index contributed by atoms with van der Waals surface area (Å²) >= 11 is 0. The Hall–Kier alpha value is -3.51. The molecule has 2 atom stereocenters. The number of aryl methyl sites for hydroxylation is 1. The molecule has 4 heterocycles. The highest BCUT2D eigenvalue weighted by Gasteiger charge is 2.40. The summed E-state index contributed by atoms with van der Waals surface area (Å²) in [6, 6.07) is 21.4. The lowest BCUT2D eigenvalue weighted by Crippen LogP contribution is -2.30. The fourth-order valence-electron chi connectivity index (χ4n) is 5.91. The zero-order valence-electron chi connectivity index (χ0n) is 18.5. The molecule has 0 radical (unpaired) electrons. The van der Waals surface area contributed by atoms with Crippen LogP contribution in [0.25, 0.3) is 22.1 Å². The highest BCUT2D eigenvalue weighted by Crippen LogP contribution is 2.44. The summed E-state index contributed by atoms with van der Waals surface area (Å²) < 4.78 is 2.34. The van der Waals surface area contributed by atoms with Crippen molar-refractivity contribution < 1.29 is 0 Å². The number of fused-ring (bicyclic) bond motifs is 5. The smallest absolute Gasteiger partial charge is 0.127 e. The van der Waals surface area contributed by atoms with Crippen LogP contribution < -0.4 is 0 Å². The van der Waals surface area contributed by atoms with Crippen LogP contribution in [0.5, 0.6) is 0 Å². The monoisotopic (exact) mass is 434 g/mol. The number of para-hydroxylation sites is 4. The van der Waals surface area contributed by atoms with Crippen LogP contribution in [0.15, 0.2) is 66.9 Å². The van der Waals surface area contributed by atoms with Crippen molar-refractivity contribution in [2.75, 3.05) is 6.54 Å². The Balaban J connectivity index is 1.27. The van der Waals surface area contributed by atoms with Gasteiger partial charge in [0.15, 0.2) is 0 Å². The van der Waals surface area contributed by atoms with Crippen molar-refractivity contribution in [1.29, 1.82) is 0 Å². The van der Waals surface area contributed by atoms with E-state index >= 15 is 0 Å². The largest absolute Gasteiger partial charge is 0.340 e. The third-order valence-corrected chi connectivity index (χ3v) is 7.44. The fourth-order valence-corrected chi connectivity index (χ4v) is 5.91. The van der Waals surface area contributed by atoms with E-state index in [-0.39, 0.29) is 0 Å². The second-order valence-corrected chi connectivity index (χ2v) is 9.35. The van der Waals surface area contributed by atoms with Gasteiger partial charge >= 0.3 is 0 Å². The molecule has 2 aromatic carbocycles. The van der Waals surface area contributed by atoms with Crippen molar-refractivity contribution in [1.82, 2.24) is 29.4 Å². The standard InChI is InChI=1S/C27H26N6/c1-2-8-21-20(7-1)29-24(30-21)16-33-23-10-4-3-9-22(23)31-25(33)17-32-15-13-19-12-11-18-6-5-14-28-26(18)27(19)32/h1-10,14,19,27H,11-13,15-17H2,(H,29,30)/t19-,27-/m0/s1. The molecule has 1 aliphatic carbocycles. The zero-order chi connectivity index (χ0) is 21.8. The minimum atomic E-state index is 0.398. The molecule has 2 aliphatic rings. The summed E-state index contributed by atoms with van der Waals surface area (Å²) in [4.78, 5) is 20.8. The minimum absolute atomic E-state index is 0.398. The first-order valence-electron chi connectivity index (χ1n) is 11.9. The van der Waals surface area contributed by atoms with Gasteiger partial charge in [-0.25, -0.2) is 9.97 Å². The molecule has 6 nitrogen and oxygen atoms in total. The number of hydrogen-bond acceptors (Lipinski definition) is 4. The Kier molecular flexibility index (Phi) is 4.33. The maximum Gasteiger partial charge on any atom is 0.127 e. The Bertz CT molecular complexity index is 1430. The summed E-state index contributed by atoms with van der Waals surface area (Å²) in [5.74, 6) is 2.76. The average molecular weight is 435 g/mol. The number of H-pyrrole nitrogens is 1. The van der Waals surface area contributed by atoms with Crippen molar-refractivity contribution in [3.8, 4) is 0 Å². The molecular weight excluding hydrogens is 408 g/mol. The number of nitrogens with one attached hydrogen (secondary N) is 1. The van der Waals surface area contributed by atoms with E-state index in [0.29, 0.717) is 18.5 Å². The second kappa shape index (κ2) is 7.52. The van der Waals surface area contributed by atoms with Gasteiger partial charge in [0.1, 0.15) is 11.6 Å². The van der Waals surface area contributed by atoms with E-state index in [2.05, 4.69) is 63.0 Å². The van der Waals surface area contributed by atoms with Crippen LogP contribution in [-0.2, 0) is 19.5 Å². The lowest BCUT2D eigenvalue weighted by Gasteiger charge is -2.32. The van der Waals surface area contributed by atoms with Gasteiger partial charge in [0.05, 0.1) is 46.9 Å². The van der Waals surface area contributed by atoms with Gasteiger partial charge in [-0.1, -0.05) is 30.3 Å². The van der Waals surface area contributed by atoms with Crippen LogP contribution in [0, 0.1) is 5.92 Å². The number of benzene rings is 2. The van der Waals surface area contributed by atoms with Crippen molar-refractivity contribution in [2.45, 2.75) is 38.4 Å². The lowest BCUT2D eigenvalue weighted by atomic mass is 9.83. The molecule has 1 aliphatic heterocycles. The van der Waals surface area contributed by atoms with Crippen LogP contribution in [0.3, 0.4) is 0 Å². The number of rotatable bonds is 4. The third kappa shape index (κ3) is 3.16. The number of nitrogens with zero attached hydrogens (tertiary/aromatic N) is 5. The Morgan fingerprint density at radius 1 is 0.879 bits per heavy atom. The van der Waals surface area contributed by atoms with E-state index < -0.39 is 0 Å². The molecule has 5 aromatic rings. The van der Waals surface area contributed by atoms with Gasteiger partial charge in [0.25, 0.3) is 0 Å². The number of imidazole rings is 2. The quantitative estimate of drug-likeness (QED) is 0.439. The number of hydrogen-bond donors (Lipinski definition) is 1. The first kappa shape index (κ1) is 19.0. The minimum Gasteiger partial charge on any atom is -0.340 e. The molecule has 1 saturated heterocycles. The molecule has 3 aromatic heterocycles. The predicted octanol–water partition coefficient (Wildman–Crippen LogP) is 4.87. The normalized spacial score (nSPS) is 20.4. The van der Waals surface area contributed by atoms with Gasteiger partial charge in [-0.15, -0.1) is 0 Å². The van der Waals surface area contributed by atoms with Crippen molar-refractivity contribution in [3.63, 3.8) is 0 Å². The molecule has 1 N–H and O–H groups in total. The maximum absolute atomic E-state index is 5.08. The van der Waals surface area contributed by atoms with E-state index in [4.69, 9.17) is 15.0 Å². The summed E-state index contributed by atoms with van der Waals surface area (Å²) in [5.41, 5.74) is 6.98. The summed E-state index contributed by atoms with van der Waals surface area (Å²) in [6.45, 7) is 2.60. The molecule has 164 valence electrons. The van der Waals surface area contributed by atoms with Gasteiger partial charge in [-0.2, -0.15) is 0 Å². The summed E-state index contributed by atoms with van der Waals surface area (Å²) in [6.07, 6.45) is 5.61. The third-order valence-electron chi connectivity index (χ3n) is 7.44. The van der Waals surface area contributed by atoms with Crippen LogP contribution in [-0.4, -0.2) is 35.9 Å². The molecule has 0 saturated carbocycles. The zero-order valence-corrected chi connectivity index (χ0v) is 18.5. The molecule has 33 heavy (non-hydrogen) atoms. The first-order valence-corrected chi connectivity index (χ1v) is 11.9. The van der Waals surface area contributed by atoms with E-state index in [1.54, 1.807) is 0 Å².